The monoisotopic (exact) mass is 338 g/mol. The molecule has 1 N–H and O–H groups in total. The van der Waals surface area contributed by atoms with Crippen molar-refractivity contribution in [3.8, 4) is 0 Å². The van der Waals surface area contributed by atoms with Gasteiger partial charge in [0, 0.05) is 5.57 Å². The summed E-state index contributed by atoms with van der Waals surface area (Å²) >= 11 is 0. The van der Waals surface area contributed by atoms with Crippen LogP contribution < -0.4 is 0 Å². The fraction of sp³-hybridized carbons (Fsp3) is 0.850. The fourth-order valence-electron chi connectivity index (χ4n) is 3.86. The van der Waals surface area contributed by atoms with Crippen LogP contribution in [-0.2, 0) is 14.3 Å². The van der Waals surface area contributed by atoms with Gasteiger partial charge in [-0.2, -0.15) is 0 Å². The van der Waals surface area contributed by atoms with E-state index in [4.69, 9.17) is 9.47 Å². The molecule has 0 aromatic carbocycles. The Morgan fingerprint density at radius 2 is 1.88 bits per heavy atom. The molecule has 1 aliphatic heterocycles. The summed E-state index contributed by atoms with van der Waals surface area (Å²) in [6.45, 7) is 14.3. The van der Waals surface area contributed by atoms with Gasteiger partial charge in [-0.15, -0.1) is 0 Å². The Kier molecular flexibility index (Phi) is 5.81. The lowest BCUT2D eigenvalue weighted by Crippen LogP contribution is -2.37. The topological polar surface area (TPSA) is 55.8 Å². The van der Waals surface area contributed by atoms with Gasteiger partial charge in [0.2, 0.25) is 6.29 Å². The van der Waals surface area contributed by atoms with Crippen molar-refractivity contribution in [1.29, 1.82) is 0 Å². The number of aliphatic hydroxyl groups is 1. The average Bonchev–Trinajstić information content (AvgIpc) is 2.71. The van der Waals surface area contributed by atoms with Crippen molar-refractivity contribution in [3.05, 3.63) is 11.1 Å². The highest BCUT2D eigenvalue weighted by Crippen LogP contribution is 2.39. The summed E-state index contributed by atoms with van der Waals surface area (Å²) < 4.78 is 11.7. The van der Waals surface area contributed by atoms with E-state index in [2.05, 4.69) is 20.8 Å². The zero-order valence-electron chi connectivity index (χ0n) is 16.3. The van der Waals surface area contributed by atoms with Crippen LogP contribution in [0.5, 0.6) is 0 Å². The molecule has 0 amide bonds. The maximum Gasteiger partial charge on any atom is 0.339 e. The summed E-state index contributed by atoms with van der Waals surface area (Å²) in [5.41, 5.74) is 0.685. The standard InChI is InChI=1S/C20H34O4/c1-11(2)14-9-8-12(3)10-15(14)23-19-13(4)16(18(22)24-19)17(21)20(5,6)7/h11-12,14-15,17,19,21H,8-10H2,1-7H3/t12-,14+,15-,17+,19-/m1/s1. The molecule has 2 aliphatic rings. The number of esters is 1. The third kappa shape index (κ3) is 4.02. The van der Waals surface area contributed by atoms with Crippen molar-refractivity contribution in [1.82, 2.24) is 0 Å². The zero-order valence-corrected chi connectivity index (χ0v) is 16.3. The second-order valence-corrected chi connectivity index (χ2v) is 9.10. The molecule has 138 valence electrons. The molecule has 0 spiro atoms. The highest BCUT2D eigenvalue weighted by Gasteiger charge is 2.42. The van der Waals surface area contributed by atoms with Crippen molar-refractivity contribution in [3.63, 3.8) is 0 Å². The predicted molar refractivity (Wildman–Crippen MR) is 94.3 cm³/mol. The molecule has 1 heterocycles. The van der Waals surface area contributed by atoms with Crippen LogP contribution in [0.4, 0.5) is 0 Å². The van der Waals surface area contributed by atoms with Gasteiger partial charge in [0.05, 0.1) is 17.8 Å². The third-order valence-corrected chi connectivity index (χ3v) is 5.57. The van der Waals surface area contributed by atoms with Gasteiger partial charge >= 0.3 is 5.97 Å². The van der Waals surface area contributed by atoms with E-state index in [0.717, 1.165) is 18.4 Å². The van der Waals surface area contributed by atoms with Crippen LogP contribution in [-0.4, -0.2) is 29.6 Å². The molecule has 0 unspecified atom stereocenters. The van der Waals surface area contributed by atoms with Gasteiger partial charge in [-0.25, -0.2) is 4.79 Å². The van der Waals surface area contributed by atoms with Gasteiger partial charge in [0.15, 0.2) is 0 Å². The van der Waals surface area contributed by atoms with Gasteiger partial charge in [0.1, 0.15) is 0 Å². The first-order chi connectivity index (χ1) is 11.0. The minimum atomic E-state index is -0.843. The molecule has 1 fully saturated rings. The molecule has 0 aromatic heterocycles. The number of carbonyl (C=O) groups is 1. The molecule has 5 atom stereocenters. The Morgan fingerprint density at radius 1 is 1.25 bits per heavy atom. The van der Waals surface area contributed by atoms with E-state index in [1.807, 2.05) is 27.7 Å². The van der Waals surface area contributed by atoms with Crippen LogP contribution >= 0.6 is 0 Å². The van der Waals surface area contributed by atoms with Crippen LogP contribution in [0.25, 0.3) is 0 Å². The molecule has 0 aromatic rings. The van der Waals surface area contributed by atoms with E-state index in [-0.39, 0.29) is 6.10 Å². The van der Waals surface area contributed by atoms with E-state index in [1.165, 1.54) is 6.42 Å². The molecular weight excluding hydrogens is 304 g/mol. The summed E-state index contributed by atoms with van der Waals surface area (Å²) in [5, 5.41) is 10.5. The van der Waals surface area contributed by atoms with Crippen LogP contribution in [0.3, 0.4) is 0 Å². The van der Waals surface area contributed by atoms with E-state index in [1.54, 1.807) is 0 Å². The molecule has 0 saturated heterocycles. The first-order valence-electron chi connectivity index (χ1n) is 9.27. The number of cyclic esters (lactones) is 1. The molecule has 24 heavy (non-hydrogen) atoms. The average molecular weight is 338 g/mol. The minimum absolute atomic E-state index is 0.104. The fourth-order valence-corrected chi connectivity index (χ4v) is 3.86. The van der Waals surface area contributed by atoms with Crippen molar-refractivity contribution >= 4 is 5.97 Å². The molecule has 1 aliphatic carbocycles. The van der Waals surface area contributed by atoms with E-state index in [9.17, 15) is 9.90 Å². The second kappa shape index (κ2) is 7.17. The summed E-state index contributed by atoms with van der Waals surface area (Å²) in [6, 6.07) is 0. The van der Waals surface area contributed by atoms with Crippen LogP contribution in [0.2, 0.25) is 0 Å². The zero-order chi connectivity index (χ0) is 18.2. The van der Waals surface area contributed by atoms with Crippen LogP contribution in [0.15, 0.2) is 11.1 Å². The van der Waals surface area contributed by atoms with Crippen molar-refractivity contribution < 1.29 is 19.4 Å². The lowest BCUT2D eigenvalue weighted by atomic mass is 9.75. The Morgan fingerprint density at radius 3 is 2.42 bits per heavy atom. The van der Waals surface area contributed by atoms with Gasteiger partial charge in [0.25, 0.3) is 0 Å². The maximum atomic E-state index is 12.3. The molecule has 2 rings (SSSR count). The second-order valence-electron chi connectivity index (χ2n) is 9.10. The predicted octanol–water partition coefficient (Wildman–Crippen LogP) is 4.07. The molecule has 4 heteroatoms. The largest absolute Gasteiger partial charge is 0.428 e. The molecule has 4 nitrogen and oxygen atoms in total. The first-order valence-corrected chi connectivity index (χ1v) is 9.27. The first kappa shape index (κ1) is 19.5. The Bertz CT molecular complexity index is 500. The highest BCUT2D eigenvalue weighted by molar-refractivity contribution is 5.93. The normalized spacial score (nSPS) is 33.1. The number of hydrogen-bond donors (Lipinski definition) is 1. The highest BCUT2D eigenvalue weighted by atomic mass is 16.7. The molecule has 0 bridgehead atoms. The number of ether oxygens (including phenoxy) is 2. The number of aliphatic hydroxyl groups excluding tert-OH is 1. The smallest absolute Gasteiger partial charge is 0.339 e. The minimum Gasteiger partial charge on any atom is -0.428 e. The lowest BCUT2D eigenvalue weighted by molar-refractivity contribution is -0.181. The summed E-state index contributed by atoms with van der Waals surface area (Å²) in [4.78, 5) is 12.3. The van der Waals surface area contributed by atoms with Crippen LogP contribution in [0, 0.1) is 23.2 Å². The molecule has 1 saturated carbocycles. The third-order valence-electron chi connectivity index (χ3n) is 5.57. The molecule has 0 radical (unpaired) electrons. The Balaban J connectivity index is 2.17. The summed E-state index contributed by atoms with van der Waals surface area (Å²) in [7, 11) is 0. The SMILES string of the molecule is CC1=C([C@H](O)C(C)(C)C)C(=O)O[C@H]1O[C@@H]1C[C@H](C)CC[C@H]1C(C)C. The van der Waals surface area contributed by atoms with Gasteiger partial charge < -0.3 is 14.6 Å². The summed E-state index contributed by atoms with van der Waals surface area (Å²) in [6.07, 6.45) is 2.00. The Hall–Kier alpha value is -0.870. The number of hydrogen-bond acceptors (Lipinski definition) is 4. The van der Waals surface area contributed by atoms with Gasteiger partial charge in [-0.1, -0.05) is 48.0 Å². The van der Waals surface area contributed by atoms with E-state index in [0.29, 0.717) is 23.3 Å². The van der Waals surface area contributed by atoms with Gasteiger partial charge in [-0.3, -0.25) is 0 Å². The summed E-state index contributed by atoms with van der Waals surface area (Å²) in [5.74, 6) is 1.23. The van der Waals surface area contributed by atoms with E-state index >= 15 is 0 Å². The van der Waals surface area contributed by atoms with Crippen LogP contribution in [0.1, 0.15) is 67.7 Å². The van der Waals surface area contributed by atoms with Crippen molar-refractivity contribution in [2.75, 3.05) is 0 Å². The quantitative estimate of drug-likeness (QED) is 0.785. The lowest BCUT2D eigenvalue weighted by Gasteiger charge is -2.38. The Labute approximate surface area is 146 Å². The number of carbonyl (C=O) groups excluding carboxylic acids is 1. The van der Waals surface area contributed by atoms with Crippen molar-refractivity contribution in [2.45, 2.75) is 86.2 Å². The van der Waals surface area contributed by atoms with Gasteiger partial charge in [-0.05, 0) is 42.9 Å². The van der Waals surface area contributed by atoms with E-state index < -0.39 is 23.8 Å². The molecular formula is C20H34O4. The maximum absolute atomic E-state index is 12.3. The van der Waals surface area contributed by atoms with Crippen molar-refractivity contribution in [2.24, 2.45) is 23.2 Å². The number of rotatable bonds is 4.